The van der Waals surface area contributed by atoms with Crippen LogP contribution in [0.15, 0.2) is 6.07 Å². The van der Waals surface area contributed by atoms with Crippen LogP contribution in [-0.4, -0.2) is 16.0 Å². The Morgan fingerprint density at radius 2 is 2.22 bits per heavy atom. The molecule has 1 fully saturated rings. The van der Waals surface area contributed by atoms with Gasteiger partial charge < -0.3 is 5.32 Å². The van der Waals surface area contributed by atoms with E-state index in [4.69, 9.17) is 11.6 Å². The second-order valence-electron chi connectivity index (χ2n) is 5.82. The fourth-order valence-corrected chi connectivity index (χ4v) is 2.85. The highest BCUT2D eigenvalue weighted by Crippen LogP contribution is 2.38. The Morgan fingerprint density at radius 3 is 2.83 bits per heavy atom. The van der Waals surface area contributed by atoms with E-state index in [2.05, 4.69) is 36.1 Å². The Morgan fingerprint density at radius 1 is 1.44 bits per heavy atom. The third kappa shape index (κ3) is 3.14. The summed E-state index contributed by atoms with van der Waals surface area (Å²) in [7, 11) is 0. The molecular formula is C14H22ClN3. The minimum atomic E-state index is 0.336. The summed E-state index contributed by atoms with van der Waals surface area (Å²) in [6.45, 7) is 6.75. The van der Waals surface area contributed by atoms with Crippen LogP contribution in [-0.2, 0) is 6.42 Å². The molecular weight excluding hydrogens is 246 g/mol. The van der Waals surface area contributed by atoms with Crippen LogP contribution < -0.4 is 5.32 Å². The standard InChI is InChI=1S/C14H22ClN3/c1-4-6-12-17-11(15)9-13(18-12)16-10-7-5-8-14(10,2)3/h9-10H,4-8H2,1-3H3,(H,16,17,18). The van der Waals surface area contributed by atoms with Gasteiger partial charge in [-0.15, -0.1) is 0 Å². The summed E-state index contributed by atoms with van der Waals surface area (Å²) in [5, 5.41) is 4.07. The number of nitrogens with one attached hydrogen (secondary N) is 1. The Kier molecular flexibility index (Phi) is 4.10. The zero-order chi connectivity index (χ0) is 13.2. The molecule has 100 valence electrons. The number of aromatic nitrogens is 2. The summed E-state index contributed by atoms with van der Waals surface area (Å²) in [6.07, 6.45) is 5.67. The van der Waals surface area contributed by atoms with Crippen LogP contribution in [0.3, 0.4) is 0 Å². The maximum Gasteiger partial charge on any atom is 0.134 e. The largest absolute Gasteiger partial charge is 0.367 e. The predicted octanol–water partition coefficient (Wildman–Crippen LogP) is 4.07. The molecule has 0 aromatic carbocycles. The topological polar surface area (TPSA) is 37.8 Å². The zero-order valence-corrected chi connectivity index (χ0v) is 12.2. The van der Waals surface area contributed by atoms with Gasteiger partial charge in [-0.25, -0.2) is 9.97 Å². The molecule has 1 aliphatic rings. The third-order valence-electron chi connectivity index (χ3n) is 3.79. The van der Waals surface area contributed by atoms with Gasteiger partial charge in [0, 0.05) is 18.5 Å². The number of aryl methyl sites for hydroxylation is 1. The third-order valence-corrected chi connectivity index (χ3v) is 3.99. The maximum absolute atomic E-state index is 6.05. The lowest BCUT2D eigenvalue weighted by Gasteiger charge is -2.28. The van der Waals surface area contributed by atoms with E-state index >= 15 is 0 Å². The number of rotatable bonds is 4. The minimum absolute atomic E-state index is 0.336. The summed E-state index contributed by atoms with van der Waals surface area (Å²) in [6, 6.07) is 2.31. The second kappa shape index (κ2) is 5.43. The molecule has 1 atom stereocenters. The van der Waals surface area contributed by atoms with Gasteiger partial charge >= 0.3 is 0 Å². The van der Waals surface area contributed by atoms with Crippen molar-refractivity contribution in [2.75, 3.05) is 5.32 Å². The fourth-order valence-electron chi connectivity index (χ4n) is 2.65. The molecule has 1 unspecified atom stereocenters. The van der Waals surface area contributed by atoms with Crippen molar-refractivity contribution >= 4 is 17.4 Å². The van der Waals surface area contributed by atoms with Crippen LogP contribution in [0.4, 0.5) is 5.82 Å². The van der Waals surface area contributed by atoms with Crippen molar-refractivity contribution in [2.24, 2.45) is 5.41 Å². The lowest BCUT2D eigenvalue weighted by atomic mass is 9.87. The molecule has 1 aromatic rings. The van der Waals surface area contributed by atoms with Crippen LogP contribution in [0.1, 0.15) is 52.3 Å². The van der Waals surface area contributed by atoms with Gasteiger partial charge in [-0.05, 0) is 24.7 Å². The van der Waals surface area contributed by atoms with Crippen LogP contribution in [0, 0.1) is 5.41 Å². The van der Waals surface area contributed by atoms with Gasteiger partial charge in [0.2, 0.25) is 0 Å². The van der Waals surface area contributed by atoms with Gasteiger partial charge in [0.15, 0.2) is 0 Å². The maximum atomic E-state index is 6.05. The minimum Gasteiger partial charge on any atom is -0.367 e. The lowest BCUT2D eigenvalue weighted by molar-refractivity contribution is 0.349. The number of anilines is 1. The van der Waals surface area contributed by atoms with E-state index in [1.165, 1.54) is 19.3 Å². The SMILES string of the molecule is CCCc1nc(Cl)cc(NC2CCCC2(C)C)n1. The average Bonchev–Trinajstić information content (AvgIpc) is 2.58. The quantitative estimate of drug-likeness (QED) is 0.836. The molecule has 0 amide bonds. The molecule has 1 N–H and O–H groups in total. The highest BCUT2D eigenvalue weighted by atomic mass is 35.5. The van der Waals surface area contributed by atoms with Crippen LogP contribution >= 0.6 is 11.6 Å². The Labute approximate surface area is 114 Å². The highest BCUT2D eigenvalue weighted by Gasteiger charge is 2.34. The van der Waals surface area contributed by atoms with E-state index in [9.17, 15) is 0 Å². The molecule has 18 heavy (non-hydrogen) atoms. The molecule has 0 bridgehead atoms. The van der Waals surface area contributed by atoms with E-state index in [1.54, 1.807) is 0 Å². The summed E-state index contributed by atoms with van der Waals surface area (Å²) in [4.78, 5) is 8.79. The van der Waals surface area contributed by atoms with E-state index in [0.717, 1.165) is 24.5 Å². The van der Waals surface area contributed by atoms with E-state index in [-0.39, 0.29) is 0 Å². The summed E-state index contributed by atoms with van der Waals surface area (Å²) < 4.78 is 0. The second-order valence-corrected chi connectivity index (χ2v) is 6.21. The van der Waals surface area contributed by atoms with Gasteiger partial charge in [0.25, 0.3) is 0 Å². The first-order valence-corrected chi connectivity index (χ1v) is 7.19. The average molecular weight is 268 g/mol. The van der Waals surface area contributed by atoms with Crippen molar-refractivity contribution in [3.63, 3.8) is 0 Å². The van der Waals surface area contributed by atoms with Crippen molar-refractivity contribution < 1.29 is 0 Å². The van der Waals surface area contributed by atoms with Crippen molar-refractivity contribution in [3.8, 4) is 0 Å². The van der Waals surface area contributed by atoms with Gasteiger partial charge in [-0.3, -0.25) is 0 Å². The monoisotopic (exact) mass is 267 g/mol. The van der Waals surface area contributed by atoms with Gasteiger partial charge in [-0.1, -0.05) is 38.8 Å². The molecule has 1 heterocycles. The van der Waals surface area contributed by atoms with Gasteiger partial charge in [0.05, 0.1) is 0 Å². The molecule has 0 spiro atoms. The Bertz CT molecular complexity index is 418. The van der Waals surface area contributed by atoms with Crippen LogP contribution in [0.25, 0.3) is 0 Å². The zero-order valence-electron chi connectivity index (χ0n) is 11.5. The van der Waals surface area contributed by atoms with Gasteiger partial charge in [-0.2, -0.15) is 0 Å². The lowest BCUT2D eigenvalue weighted by Crippen LogP contribution is -2.31. The first-order chi connectivity index (χ1) is 8.51. The Hall–Kier alpha value is -0.830. The van der Waals surface area contributed by atoms with Crippen molar-refractivity contribution in [1.82, 2.24) is 9.97 Å². The first-order valence-electron chi connectivity index (χ1n) is 6.81. The van der Waals surface area contributed by atoms with Crippen LogP contribution in [0.2, 0.25) is 5.15 Å². The summed E-state index contributed by atoms with van der Waals surface area (Å²) in [5.41, 5.74) is 0.336. The summed E-state index contributed by atoms with van der Waals surface area (Å²) in [5.74, 6) is 1.71. The smallest absolute Gasteiger partial charge is 0.134 e. The normalized spacial score (nSPS) is 22.1. The predicted molar refractivity (Wildman–Crippen MR) is 76.1 cm³/mol. The van der Waals surface area contributed by atoms with Crippen molar-refractivity contribution in [1.29, 1.82) is 0 Å². The number of nitrogens with zero attached hydrogens (tertiary/aromatic N) is 2. The molecule has 2 rings (SSSR count). The van der Waals surface area contributed by atoms with Crippen molar-refractivity contribution in [2.45, 2.75) is 58.9 Å². The number of hydrogen-bond donors (Lipinski definition) is 1. The molecule has 1 aliphatic carbocycles. The summed E-state index contributed by atoms with van der Waals surface area (Å²) >= 11 is 6.05. The fraction of sp³-hybridized carbons (Fsp3) is 0.714. The Balaban J connectivity index is 2.13. The van der Waals surface area contributed by atoms with Crippen LogP contribution in [0.5, 0.6) is 0 Å². The molecule has 4 heteroatoms. The van der Waals surface area contributed by atoms with Gasteiger partial charge in [0.1, 0.15) is 16.8 Å². The highest BCUT2D eigenvalue weighted by molar-refractivity contribution is 6.29. The molecule has 1 saturated carbocycles. The molecule has 3 nitrogen and oxygen atoms in total. The number of halogens is 1. The number of hydrogen-bond acceptors (Lipinski definition) is 3. The van der Waals surface area contributed by atoms with E-state index in [1.807, 2.05) is 6.07 Å². The van der Waals surface area contributed by atoms with E-state index in [0.29, 0.717) is 16.6 Å². The molecule has 0 aliphatic heterocycles. The van der Waals surface area contributed by atoms with Crippen molar-refractivity contribution in [3.05, 3.63) is 17.0 Å². The first kappa shape index (κ1) is 13.6. The molecule has 1 aromatic heterocycles. The van der Waals surface area contributed by atoms with E-state index < -0.39 is 0 Å². The molecule has 0 saturated heterocycles. The molecule has 0 radical (unpaired) electrons.